The molecule has 1 aromatic rings. The summed E-state index contributed by atoms with van der Waals surface area (Å²) in [6, 6.07) is 9.46. The largest absolute Gasteiger partial charge is 0.475 e. The molecule has 0 amide bonds. The van der Waals surface area contributed by atoms with Gasteiger partial charge in [-0.3, -0.25) is 13.6 Å². The minimum absolute atomic E-state index is 0.196. The zero-order valence-corrected chi connectivity index (χ0v) is 11.6. The fourth-order valence-electron chi connectivity index (χ4n) is 1.18. The van der Waals surface area contributed by atoms with Gasteiger partial charge in [-0.25, -0.2) is 4.57 Å². The third-order valence-corrected chi connectivity index (χ3v) is 3.51. The molecule has 0 bridgehead atoms. The highest BCUT2D eigenvalue weighted by molar-refractivity contribution is 7.48. The van der Waals surface area contributed by atoms with Crippen molar-refractivity contribution in [2.75, 3.05) is 7.11 Å². The van der Waals surface area contributed by atoms with Crippen LogP contribution in [-0.4, -0.2) is 12.7 Å². The van der Waals surface area contributed by atoms with Crippen LogP contribution in [0.25, 0.3) is 0 Å². The average Bonchev–Trinajstić information content (AvgIpc) is 2.26. The highest BCUT2D eigenvalue weighted by atomic mass is 31.2. The van der Waals surface area contributed by atoms with Crippen LogP contribution in [0.4, 0.5) is 0 Å². The zero-order valence-electron chi connectivity index (χ0n) is 10.7. The molecule has 4 nitrogen and oxygen atoms in total. The zero-order chi connectivity index (χ0) is 12.9. The molecule has 1 rings (SSSR count). The van der Waals surface area contributed by atoms with Crippen LogP contribution >= 0.6 is 7.82 Å². The van der Waals surface area contributed by atoms with Gasteiger partial charge in [0.1, 0.15) is 0 Å². The van der Waals surface area contributed by atoms with Crippen LogP contribution in [0.1, 0.15) is 26.3 Å². The molecule has 0 N–H and O–H groups in total. The number of hydrogen-bond donors (Lipinski definition) is 0. The van der Waals surface area contributed by atoms with Crippen molar-refractivity contribution in [2.45, 2.75) is 33.0 Å². The Balaban J connectivity index is 2.61. The van der Waals surface area contributed by atoms with Gasteiger partial charge in [0.05, 0.1) is 12.2 Å². The van der Waals surface area contributed by atoms with Crippen molar-refractivity contribution < 1.29 is 18.1 Å². The van der Waals surface area contributed by atoms with Gasteiger partial charge in [0.15, 0.2) is 0 Å². The Hall–Kier alpha value is -0.670. The minimum atomic E-state index is -3.49. The topological polar surface area (TPSA) is 44.8 Å². The lowest BCUT2D eigenvalue weighted by Crippen LogP contribution is -2.18. The van der Waals surface area contributed by atoms with Gasteiger partial charge in [0.2, 0.25) is 0 Å². The Bertz CT molecular complexity index is 383. The number of benzene rings is 1. The van der Waals surface area contributed by atoms with Crippen LogP contribution in [0, 0.1) is 0 Å². The summed E-state index contributed by atoms with van der Waals surface area (Å²) in [5, 5.41) is 0. The molecule has 5 heteroatoms. The Kier molecular flexibility index (Phi) is 4.90. The summed E-state index contributed by atoms with van der Waals surface area (Å²) in [6.45, 7) is 5.58. The predicted molar refractivity (Wildman–Crippen MR) is 66.7 cm³/mol. The second kappa shape index (κ2) is 5.78. The molecular formula is C12H19O4P. The fraction of sp³-hybridized carbons (Fsp3) is 0.500. The van der Waals surface area contributed by atoms with Crippen LogP contribution in [-0.2, 0) is 24.7 Å². The van der Waals surface area contributed by atoms with Gasteiger partial charge in [-0.1, -0.05) is 30.3 Å². The molecule has 1 atom stereocenters. The summed E-state index contributed by atoms with van der Waals surface area (Å²) in [7, 11) is -2.17. The quantitative estimate of drug-likeness (QED) is 0.754. The van der Waals surface area contributed by atoms with Gasteiger partial charge >= 0.3 is 7.82 Å². The van der Waals surface area contributed by atoms with E-state index in [1.807, 2.05) is 30.3 Å². The van der Waals surface area contributed by atoms with Crippen molar-refractivity contribution >= 4 is 7.82 Å². The van der Waals surface area contributed by atoms with E-state index in [2.05, 4.69) is 0 Å². The highest BCUT2D eigenvalue weighted by Gasteiger charge is 2.31. The molecule has 0 aromatic heterocycles. The Labute approximate surface area is 103 Å². The van der Waals surface area contributed by atoms with Crippen molar-refractivity contribution in [3.63, 3.8) is 0 Å². The monoisotopic (exact) mass is 258 g/mol. The van der Waals surface area contributed by atoms with E-state index in [0.717, 1.165) is 5.56 Å². The first-order valence-electron chi connectivity index (χ1n) is 5.40. The second-order valence-electron chi connectivity index (χ2n) is 4.59. The van der Waals surface area contributed by atoms with E-state index in [0.29, 0.717) is 0 Å². The SMILES string of the molecule is COP(=O)(OCc1ccccc1)OC(C)(C)C. The van der Waals surface area contributed by atoms with E-state index in [9.17, 15) is 4.57 Å². The predicted octanol–water partition coefficient (Wildman–Crippen LogP) is 3.77. The number of hydrogen-bond acceptors (Lipinski definition) is 4. The Morgan fingerprint density at radius 1 is 1.18 bits per heavy atom. The first-order valence-corrected chi connectivity index (χ1v) is 6.86. The normalized spacial score (nSPS) is 15.5. The van der Waals surface area contributed by atoms with E-state index >= 15 is 0 Å². The van der Waals surface area contributed by atoms with Gasteiger partial charge in [-0.2, -0.15) is 0 Å². The van der Waals surface area contributed by atoms with Crippen LogP contribution in [0.3, 0.4) is 0 Å². The molecule has 0 aliphatic heterocycles. The Morgan fingerprint density at radius 2 is 1.76 bits per heavy atom. The maximum Gasteiger partial charge on any atom is 0.475 e. The van der Waals surface area contributed by atoms with E-state index in [4.69, 9.17) is 13.6 Å². The molecule has 0 spiro atoms. The van der Waals surface area contributed by atoms with E-state index in [1.54, 1.807) is 20.8 Å². The van der Waals surface area contributed by atoms with Crippen molar-refractivity contribution in [1.82, 2.24) is 0 Å². The molecule has 0 radical (unpaired) electrons. The smallest absolute Gasteiger partial charge is 0.290 e. The molecule has 1 unspecified atom stereocenters. The first kappa shape index (κ1) is 14.4. The molecule has 0 aliphatic carbocycles. The summed E-state index contributed by atoms with van der Waals surface area (Å²) in [6.07, 6.45) is 0. The van der Waals surface area contributed by atoms with Crippen LogP contribution in [0.15, 0.2) is 30.3 Å². The van der Waals surface area contributed by atoms with E-state index in [-0.39, 0.29) is 6.61 Å². The summed E-state index contributed by atoms with van der Waals surface area (Å²) in [5.74, 6) is 0. The van der Waals surface area contributed by atoms with Crippen molar-refractivity contribution in [3.8, 4) is 0 Å². The average molecular weight is 258 g/mol. The molecule has 0 heterocycles. The third-order valence-electron chi connectivity index (χ3n) is 1.84. The van der Waals surface area contributed by atoms with E-state index < -0.39 is 13.4 Å². The maximum atomic E-state index is 12.1. The molecule has 96 valence electrons. The molecule has 0 saturated carbocycles. The summed E-state index contributed by atoms with van der Waals surface area (Å²) in [5.41, 5.74) is 0.338. The van der Waals surface area contributed by atoms with E-state index in [1.165, 1.54) is 7.11 Å². The van der Waals surface area contributed by atoms with Gasteiger partial charge in [-0.15, -0.1) is 0 Å². The number of phosphoric ester groups is 1. The molecule has 0 saturated heterocycles. The molecular weight excluding hydrogens is 239 g/mol. The minimum Gasteiger partial charge on any atom is -0.290 e. The maximum absolute atomic E-state index is 12.1. The van der Waals surface area contributed by atoms with Crippen LogP contribution in [0.2, 0.25) is 0 Å². The summed E-state index contributed by atoms with van der Waals surface area (Å²) >= 11 is 0. The molecule has 1 aromatic carbocycles. The van der Waals surface area contributed by atoms with Gasteiger partial charge in [0.25, 0.3) is 0 Å². The summed E-state index contributed by atoms with van der Waals surface area (Å²) in [4.78, 5) is 0. The fourth-order valence-corrected chi connectivity index (χ4v) is 2.39. The Morgan fingerprint density at radius 3 is 2.24 bits per heavy atom. The van der Waals surface area contributed by atoms with Crippen LogP contribution in [0.5, 0.6) is 0 Å². The summed E-state index contributed by atoms with van der Waals surface area (Å²) < 4.78 is 27.5. The van der Waals surface area contributed by atoms with Crippen molar-refractivity contribution in [2.24, 2.45) is 0 Å². The lowest BCUT2D eigenvalue weighted by molar-refractivity contribution is 0.0491. The molecule has 17 heavy (non-hydrogen) atoms. The van der Waals surface area contributed by atoms with Crippen molar-refractivity contribution in [1.29, 1.82) is 0 Å². The lowest BCUT2D eigenvalue weighted by Gasteiger charge is -2.24. The first-order chi connectivity index (χ1) is 7.85. The standard InChI is InChI=1S/C12H19O4P/c1-12(2,3)16-17(13,14-4)15-10-11-8-6-5-7-9-11/h5-9H,10H2,1-4H3. The highest BCUT2D eigenvalue weighted by Crippen LogP contribution is 2.52. The molecule has 0 fully saturated rings. The van der Waals surface area contributed by atoms with Crippen LogP contribution < -0.4 is 0 Å². The van der Waals surface area contributed by atoms with Gasteiger partial charge < -0.3 is 0 Å². The molecule has 0 aliphatic rings. The van der Waals surface area contributed by atoms with Gasteiger partial charge in [0, 0.05) is 7.11 Å². The number of rotatable bonds is 5. The third kappa shape index (κ3) is 5.46. The second-order valence-corrected chi connectivity index (χ2v) is 6.29. The van der Waals surface area contributed by atoms with Crippen molar-refractivity contribution in [3.05, 3.63) is 35.9 Å². The number of phosphoric acid groups is 1. The van der Waals surface area contributed by atoms with Gasteiger partial charge in [-0.05, 0) is 26.3 Å². The lowest BCUT2D eigenvalue weighted by atomic mass is 10.2.